The molecule has 0 radical (unpaired) electrons. The Morgan fingerprint density at radius 2 is 1.62 bits per heavy atom. The number of rotatable bonds is 5. The molecule has 0 fully saturated rings. The Morgan fingerprint density at radius 3 is 2.25 bits per heavy atom. The van der Waals surface area contributed by atoms with Crippen LogP contribution in [0.15, 0.2) is 103 Å². The normalized spacial score (nSPS) is 18.3. The fourth-order valence-corrected chi connectivity index (χ4v) is 5.70. The summed E-state index contributed by atoms with van der Waals surface area (Å²) < 4.78 is 0. The minimum absolute atomic E-state index is 0.118. The van der Waals surface area contributed by atoms with Gasteiger partial charge in [-0.3, -0.25) is 0 Å². The van der Waals surface area contributed by atoms with Crippen molar-refractivity contribution in [2.45, 2.75) is 31.6 Å². The Labute approximate surface area is 189 Å². The molecule has 160 valence electrons. The number of allylic oxidation sites excluding steroid dienone is 4. The average molecular weight is 421 g/mol. The number of aliphatic hydroxyl groups is 1. The molecule has 2 nitrogen and oxygen atoms in total. The summed E-state index contributed by atoms with van der Waals surface area (Å²) in [5.74, 6) is 0.818. The summed E-state index contributed by atoms with van der Waals surface area (Å²) in [6.07, 6.45) is 8.18. The molecule has 0 spiro atoms. The van der Waals surface area contributed by atoms with Crippen molar-refractivity contribution in [3.05, 3.63) is 125 Å². The highest BCUT2D eigenvalue weighted by Gasteiger charge is 2.49. The van der Waals surface area contributed by atoms with Crippen LogP contribution in [0.4, 0.5) is 0 Å². The first kappa shape index (κ1) is 20.4. The zero-order chi connectivity index (χ0) is 22.3. The number of fused-ring (bicyclic) bond motifs is 3. The maximum atomic E-state index is 10.5. The lowest BCUT2D eigenvalue weighted by molar-refractivity contribution is 0.388. The van der Waals surface area contributed by atoms with Crippen LogP contribution in [0.2, 0.25) is 0 Å². The molecule has 0 saturated heterocycles. The van der Waals surface area contributed by atoms with E-state index in [0.717, 1.165) is 24.0 Å². The van der Waals surface area contributed by atoms with Gasteiger partial charge < -0.3 is 10.2 Å². The molecule has 0 saturated carbocycles. The van der Waals surface area contributed by atoms with Crippen LogP contribution in [-0.2, 0) is 11.8 Å². The number of hydrogen-bond donors (Lipinski definition) is 2. The van der Waals surface area contributed by atoms with E-state index in [9.17, 15) is 10.2 Å². The predicted octanol–water partition coefficient (Wildman–Crippen LogP) is 7.23. The number of benzene rings is 3. The van der Waals surface area contributed by atoms with Crippen LogP contribution < -0.4 is 0 Å². The molecule has 2 heteroatoms. The second-order valence-corrected chi connectivity index (χ2v) is 8.71. The Bertz CT molecular complexity index is 1220. The van der Waals surface area contributed by atoms with Crippen molar-refractivity contribution in [2.24, 2.45) is 5.92 Å². The third kappa shape index (κ3) is 2.86. The zero-order valence-corrected chi connectivity index (χ0v) is 18.4. The van der Waals surface area contributed by atoms with Gasteiger partial charge in [0.15, 0.2) is 0 Å². The molecule has 0 aromatic heterocycles. The van der Waals surface area contributed by atoms with Crippen LogP contribution >= 0.6 is 0 Å². The molecule has 32 heavy (non-hydrogen) atoms. The fraction of sp³-hybridized carbons (Fsp3) is 0.200. The number of aryl methyl sites for hydroxylation is 1. The summed E-state index contributed by atoms with van der Waals surface area (Å²) in [6, 6.07) is 23.4. The Balaban J connectivity index is 1.86. The number of hydrogen-bond acceptors (Lipinski definition) is 2. The van der Waals surface area contributed by atoms with Crippen molar-refractivity contribution in [2.75, 3.05) is 0 Å². The quantitative estimate of drug-likeness (QED) is 0.427. The maximum absolute atomic E-state index is 10.5. The standard InChI is InChI=1S/C30H28O2/c1-3-9-21-19-23(15-17-29(21)32)30(22-14-16-28(31)20(4-2)18-22)26-12-7-5-10-24(26)25-11-6-8-13-27(25)30/h3,5-8,10-14,16-19,23,31-32H,1,4,9,15H2,2H3. The first-order valence-corrected chi connectivity index (χ1v) is 11.3. The van der Waals surface area contributed by atoms with E-state index in [1.807, 2.05) is 18.2 Å². The fourth-order valence-electron chi connectivity index (χ4n) is 5.70. The van der Waals surface area contributed by atoms with Gasteiger partial charge in [-0.15, -0.1) is 6.58 Å². The predicted molar refractivity (Wildman–Crippen MR) is 131 cm³/mol. The monoisotopic (exact) mass is 420 g/mol. The molecule has 0 heterocycles. The van der Waals surface area contributed by atoms with Gasteiger partial charge in [0.25, 0.3) is 0 Å². The SMILES string of the molecule is C=CCC1=CC(C2(c3ccc(O)c(CC)c3)c3ccccc3-c3ccccc32)CC=C1O. The number of aromatic hydroxyl groups is 1. The second-order valence-electron chi connectivity index (χ2n) is 8.71. The summed E-state index contributed by atoms with van der Waals surface area (Å²) in [6.45, 7) is 5.96. The summed E-state index contributed by atoms with van der Waals surface area (Å²) in [7, 11) is 0. The third-order valence-corrected chi connectivity index (χ3v) is 7.13. The highest BCUT2D eigenvalue weighted by molar-refractivity contribution is 5.84. The van der Waals surface area contributed by atoms with E-state index < -0.39 is 5.41 Å². The summed E-state index contributed by atoms with van der Waals surface area (Å²) in [5.41, 5.74) is 7.72. The van der Waals surface area contributed by atoms with Crippen molar-refractivity contribution in [1.82, 2.24) is 0 Å². The molecule has 2 aliphatic carbocycles. The molecule has 0 aliphatic heterocycles. The third-order valence-electron chi connectivity index (χ3n) is 7.13. The van der Waals surface area contributed by atoms with Gasteiger partial charge in [0.2, 0.25) is 0 Å². The molecule has 0 amide bonds. The molecule has 1 unspecified atom stereocenters. The molecule has 3 aromatic rings. The smallest absolute Gasteiger partial charge is 0.118 e. The van der Waals surface area contributed by atoms with E-state index in [1.54, 1.807) is 0 Å². The maximum Gasteiger partial charge on any atom is 0.118 e. The number of phenols is 1. The summed E-state index contributed by atoms with van der Waals surface area (Å²) >= 11 is 0. The van der Waals surface area contributed by atoms with E-state index in [2.05, 4.69) is 80.2 Å². The molecular weight excluding hydrogens is 392 g/mol. The van der Waals surface area contributed by atoms with Gasteiger partial charge >= 0.3 is 0 Å². The van der Waals surface area contributed by atoms with Gasteiger partial charge in [-0.2, -0.15) is 0 Å². The van der Waals surface area contributed by atoms with Crippen molar-refractivity contribution in [3.63, 3.8) is 0 Å². The minimum atomic E-state index is -0.408. The van der Waals surface area contributed by atoms with Gasteiger partial charge in [0.05, 0.1) is 5.41 Å². The lowest BCUT2D eigenvalue weighted by Gasteiger charge is -2.40. The summed E-state index contributed by atoms with van der Waals surface area (Å²) in [4.78, 5) is 0. The Morgan fingerprint density at radius 1 is 0.969 bits per heavy atom. The van der Waals surface area contributed by atoms with E-state index in [4.69, 9.17) is 0 Å². The van der Waals surface area contributed by atoms with Crippen LogP contribution in [0, 0.1) is 5.92 Å². The van der Waals surface area contributed by atoms with E-state index >= 15 is 0 Å². The van der Waals surface area contributed by atoms with Crippen LogP contribution in [0.25, 0.3) is 11.1 Å². The van der Waals surface area contributed by atoms with Gasteiger partial charge in [-0.05, 0) is 76.3 Å². The van der Waals surface area contributed by atoms with Crippen molar-refractivity contribution < 1.29 is 10.2 Å². The molecule has 2 aliphatic rings. The van der Waals surface area contributed by atoms with E-state index in [1.165, 1.54) is 27.8 Å². The Hall–Kier alpha value is -3.52. The van der Waals surface area contributed by atoms with Crippen LogP contribution in [0.5, 0.6) is 5.75 Å². The lowest BCUT2D eigenvalue weighted by Crippen LogP contribution is -2.36. The number of aliphatic hydroxyl groups excluding tert-OH is 1. The van der Waals surface area contributed by atoms with Gasteiger partial charge in [0.1, 0.15) is 11.5 Å². The van der Waals surface area contributed by atoms with Crippen molar-refractivity contribution in [3.8, 4) is 16.9 Å². The lowest BCUT2D eigenvalue weighted by atomic mass is 9.61. The first-order valence-electron chi connectivity index (χ1n) is 11.3. The minimum Gasteiger partial charge on any atom is -0.508 e. The first-order chi connectivity index (χ1) is 15.6. The molecular formula is C30H28O2. The van der Waals surface area contributed by atoms with Crippen molar-refractivity contribution >= 4 is 0 Å². The zero-order valence-electron chi connectivity index (χ0n) is 18.4. The largest absolute Gasteiger partial charge is 0.508 e. The molecule has 1 atom stereocenters. The van der Waals surface area contributed by atoms with Gasteiger partial charge in [-0.1, -0.05) is 79.7 Å². The molecule has 3 aromatic carbocycles. The molecule has 2 N–H and O–H groups in total. The van der Waals surface area contributed by atoms with E-state index in [0.29, 0.717) is 17.9 Å². The van der Waals surface area contributed by atoms with Gasteiger partial charge in [0, 0.05) is 0 Å². The van der Waals surface area contributed by atoms with Gasteiger partial charge in [-0.25, -0.2) is 0 Å². The highest BCUT2D eigenvalue weighted by Crippen LogP contribution is 2.58. The topological polar surface area (TPSA) is 40.5 Å². The van der Waals surface area contributed by atoms with Crippen LogP contribution in [0.1, 0.15) is 42.0 Å². The molecule has 0 bridgehead atoms. The van der Waals surface area contributed by atoms with Crippen LogP contribution in [-0.4, -0.2) is 10.2 Å². The van der Waals surface area contributed by atoms with Crippen LogP contribution in [0.3, 0.4) is 0 Å². The average Bonchev–Trinajstić information content (AvgIpc) is 3.12. The Kier molecular flexibility index (Phi) is 5.01. The van der Waals surface area contributed by atoms with Crippen molar-refractivity contribution in [1.29, 1.82) is 0 Å². The number of phenolic OH excluding ortho intramolecular Hbond substituents is 1. The molecule has 5 rings (SSSR count). The highest BCUT2D eigenvalue weighted by atomic mass is 16.3. The van der Waals surface area contributed by atoms with E-state index in [-0.39, 0.29) is 5.92 Å². The second kappa shape index (κ2) is 7.87. The summed E-state index contributed by atoms with van der Waals surface area (Å²) in [5, 5.41) is 21.0.